The maximum atomic E-state index is 12.3. The molecule has 0 aliphatic carbocycles. The van der Waals surface area contributed by atoms with Crippen LogP contribution in [0.5, 0.6) is 0 Å². The Labute approximate surface area is 132 Å². The highest BCUT2D eigenvalue weighted by atomic mass is 35.5. The smallest absolute Gasteiger partial charge is 0.270 e. The quantitative estimate of drug-likeness (QED) is 0.374. The van der Waals surface area contributed by atoms with Crippen LogP contribution in [0.25, 0.3) is 6.08 Å². The van der Waals surface area contributed by atoms with Gasteiger partial charge in [-0.3, -0.25) is 19.6 Å². The third-order valence-electron chi connectivity index (χ3n) is 3.36. The van der Waals surface area contributed by atoms with E-state index in [1.165, 1.54) is 30.4 Å². The molecule has 0 amide bonds. The van der Waals surface area contributed by atoms with Crippen LogP contribution in [0.3, 0.4) is 0 Å². The van der Waals surface area contributed by atoms with Gasteiger partial charge in [-0.1, -0.05) is 11.6 Å². The molecule has 2 rings (SSSR count). The van der Waals surface area contributed by atoms with Gasteiger partial charge in [0.15, 0.2) is 5.78 Å². The van der Waals surface area contributed by atoms with Gasteiger partial charge in [-0.2, -0.15) is 5.10 Å². The Morgan fingerprint density at radius 1 is 1.41 bits per heavy atom. The number of nitro groups is 1. The Morgan fingerprint density at radius 3 is 2.64 bits per heavy atom. The Bertz CT molecular complexity index is 794. The average Bonchev–Trinajstić information content (AvgIpc) is 2.70. The fourth-order valence-corrected chi connectivity index (χ4v) is 2.33. The molecule has 0 N–H and O–H groups in total. The number of aryl methyl sites for hydroxylation is 2. The lowest BCUT2D eigenvalue weighted by Gasteiger charge is -1.99. The second-order valence-electron chi connectivity index (χ2n) is 4.83. The molecule has 0 radical (unpaired) electrons. The second-order valence-corrected chi connectivity index (χ2v) is 5.24. The predicted molar refractivity (Wildman–Crippen MR) is 84.2 cm³/mol. The molecular formula is C15H14ClN3O3. The van der Waals surface area contributed by atoms with Gasteiger partial charge < -0.3 is 0 Å². The van der Waals surface area contributed by atoms with Crippen LogP contribution in [0.2, 0.25) is 5.02 Å². The van der Waals surface area contributed by atoms with Crippen molar-refractivity contribution in [2.75, 3.05) is 0 Å². The van der Waals surface area contributed by atoms with E-state index in [2.05, 4.69) is 5.10 Å². The summed E-state index contributed by atoms with van der Waals surface area (Å²) >= 11 is 6.00. The molecule has 0 unspecified atom stereocenters. The molecule has 2 aromatic rings. The number of benzene rings is 1. The van der Waals surface area contributed by atoms with Gasteiger partial charge in [0, 0.05) is 29.9 Å². The van der Waals surface area contributed by atoms with Gasteiger partial charge in [0.25, 0.3) is 5.69 Å². The van der Waals surface area contributed by atoms with Crippen molar-refractivity contribution in [3.05, 3.63) is 61.9 Å². The SMILES string of the molecule is Cc1nn(C)c(C)c1C(=O)/C=C/c1cc([N+](=O)[O-])ccc1Cl. The maximum Gasteiger partial charge on any atom is 0.270 e. The van der Waals surface area contributed by atoms with Crippen LogP contribution < -0.4 is 0 Å². The summed E-state index contributed by atoms with van der Waals surface area (Å²) in [7, 11) is 1.76. The molecule has 0 aliphatic rings. The number of allylic oxidation sites excluding steroid dienone is 1. The number of nitro benzene ring substituents is 1. The lowest BCUT2D eigenvalue weighted by atomic mass is 10.1. The molecular weight excluding hydrogens is 306 g/mol. The minimum atomic E-state index is -0.509. The van der Waals surface area contributed by atoms with Crippen LogP contribution >= 0.6 is 11.6 Å². The Kier molecular flexibility index (Phi) is 4.42. The molecule has 0 spiro atoms. The topological polar surface area (TPSA) is 78.0 Å². The van der Waals surface area contributed by atoms with Crippen LogP contribution in [0.1, 0.15) is 27.3 Å². The zero-order valence-corrected chi connectivity index (χ0v) is 13.1. The van der Waals surface area contributed by atoms with Crippen molar-refractivity contribution >= 4 is 29.1 Å². The van der Waals surface area contributed by atoms with E-state index in [0.29, 0.717) is 21.8 Å². The van der Waals surface area contributed by atoms with Gasteiger partial charge in [-0.05, 0) is 37.6 Å². The number of non-ortho nitro benzene ring substituents is 1. The number of nitrogens with zero attached hydrogens (tertiary/aromatic N) is 3. The first-order valence-electron chi connectivity index (χ1n) is 6.48. The van der Waals surface area contributed by atoms with Crippen LogP contribution in [-0.2, 0) is 7.05 Å². The summed E-state index contributed by atoms with van der Waals surface area (Å²) in [5.41, 5.74) is 2.27. The van der Waals surface area contributed by atoms with Crippen molar-refractivity contribution in [1.29, 1.82) is 0 Å². The number of carbonyl (C=O) groups is 1. The number of hydrogen-bond acceptors (Lipinski definition) is 4. The minimum absolute atomic E-state index is 0.0785. The monoisotopic (exact) mass is 319 g/mol. The largest absolute Gasteiger partial charge is 0.289 e. The van der Waals surface area contributed by atoms with E-state index in [-0.39, 0.29) is 11.5 Å². The highest BCUT2D eigenvalue weighted by molar-refractivity contribution is 6.32. The van der Waals surface area contributed by atoms with Gasteiger partial charge in [0.2, 0.25) is 0 Å². The number of hydrogen-bond donors (Lipinski definition) is 0. The van der Waals surface area contributed by atoms with E-state index in [0.717, 1.165) is 5.69 Å². The third kappa shape index (κ3) is 3.07. The molecule has 0 aliphatic heterocycles. The standard InChI is InChI=1S/C15H14ClN3O3/c1-9-15(10(2)18(3)17-9)14(20)7-4-11-8-12(19(21)22)5-6-13(11)16/h4-8H,1-3H3/b7-4+. The fourth-order valence-electron chi connectivity index (χ4n) is 2.15. The molecule has 1 heterocycles. The van der Waals surface area contributed by atoms with Gasteiger partial charge in [0.05, 0.1) is 16.2 Å². The Morgan fingerprint density at radius 2 is 2.09 bits per heavy atom. The number of rotatable bonds is 4. The maximum absolute atomic E-state index is 12.3. The minimum Gasteiger partial charge on any atom is -0.289 e. The van der Waals surface area contributed by atoms with E-state index in [1.807, 2.05) is 0 Å². The molecule has 0 saturated heterocycles. The lowest BCUT2D eigenvalue weighted by molar-refractivity contribution is -0.384. The van der Waals surface area contributed by atoms with E-state index >= 15 is 0 Å². The molecule has 0 fully saturated rings. The van der Waals surface area contributed by atoms with E-state index in [4.69, 9.17) is 11.6 Å². The molecule has 114 valence electrons. The number of ketones is 1. The van der Waals surface area contributed by atoms with Crippen LogP contribution in [0.15, 0.2) is 24.3 Å². The first-order valence-corrected chi connectivity index (χ1v) is 6.85. The Hall–Kier alpha value is -2.47. The first-order chi connectivity index (χ1) is 10.3. The molecule has 1 aromatic heterocycles. The fraction of sp³-hybridized carbons (Fsp3) is 0.200. The van der Waals surface area contributed by atoms with Crippen LogP contribution in [0, 0.1) is 24.0 Å². The molecule has 0 bridgehead atoms. The molecule has 6 nitrogen and oxygen atoms in total. The number of aromatic nitrogens is 2. The summed E-state index contributed by atoms with van der Waals surface area (Å²) in [6.07, 6.45) is 2.82. The molecule has 7 heteroatoms. The van der Waals surface area contributed by atoms with Crippen molar-refractivity contribution in [3.8, 4) is 0 Å². The van der Waals surface area contributed by atoms with Crippen molar-refractivity contribution in [3.63, 3.8) is 0 Å². The van der Waals surface area contributed by atoms with Crippen molar-refractivity contribution < 1.29 is 9.72 Å². The van der Waals surface area contributed by atoms with Crippen molar-refractivity contribution in [2.24, 2.45) is 7.05 Å². The normalized spacial score (nSPS) is 11.1. The summed E-state index contributed by atoms with van der Waals surface area (Å²) in [5.74, 6) is -0.217. The summed E-state index contributed by atoms with van der Waals surface area (Å²) in [6.45, 7) is 3.57. The van der Waals surface area contributed by atoms with E-state index < -0.39 is 4.92 Å². The summed E-state index contributed by atoms with van der Waals surface area (Å²) in [6, 6.07) is 4.08. The predicted octanol–water partition coefficient (Wildman–Crippen LogP) is 3.49. The summed E-state index contributed by atoms with van der Waals surface area (Å²) in [4.78, 5) is 22.6. The molecule has 0 saturated carbocycles. The molecule has 22 heavy (non-hydrogen) atoms. The van der Waals surface area contributed by atoms with Gasteiger partial charge in [-0.15, -0.1) is 0 Å². The number of carbonyl (C=O) groups excluding carboxylic acids is 1. The van der Waals surface area contributed by atoms with Gasteiger partial charge in [-0.25, -0.2) is 0 Å². The second kappa shape index (κ2) is 6.11. The van der Waals surface area contributed by atoms with Crippen molar-refractivity contribution in [2.45, 2.75) is 13.8 Å². The number of halogens is 1. The first kappa shape index (κ1) is 15.9. The highest BCUT2D eigenvalue weighted by Gasteiger charge is 2.15. The summed E-state index contributed by atoms with van der Waals surface area (Å²) in [5, 5.41) is 15.3. The molecule has 1 aromatic carbocycles. The summed E-state index contributed by atoms with van der Waals surface area (Å²) < 4.78 is 1.64. The van der Waals surface area contributed by atoms with Gasteiger partial charge in [0.1, 0.15) is 0 Å². The van der Waals surface area contributed by atoms with E-state index in [1.54, 1.807) is 25.6 Å². The van der Waals surface area contributed by atoms with Crippen LogP contribution in [-0.4, -0.2) is 20.5 Å². The van der Waals surface area contributed by atoms with E-state index in [9.17, 15) is 14.9 Å². The zero-order valence-electron chi connectivity index (χ0n) is 12.3. The van der Waals surface area contributed by atoms with Gasteiger partial charge >= 0.3 is 0 Å². The van der Waals surface area contributed by atoms with Crippen LogP contribution in [0.4, 0.5) is 5.69 Å². The highest BCUT2D eigenvalue weighted by Crippen LogP contribution is 2.23. The van der Waals surface area contributed by atoms with Crippen molar-refractivity contribution in [1.82, 2.24) is 9.78 Å². The molecule has 0 atom stereocenters. The lowest BCUT2D eigenvalue weighted by Crippen LogP contribution is -1.99. The third-order valence-corrected chi connectivity index (χ3v) is 3.70. The average molecular weight is 320 g/mol. The zero-order chi connectivity index (χ0) is 16.4. The Balaban J connectivity index is 2.34.